The number of aryl methyl sites for hydroxylation is 1. The second kappa shape index (κ2) is 9.38. The van der Waals surface area contributed by atoms with Gasteiger partial charge in [-0.1, -0.05) is 35.5 Å². The van der Waals surface area contributed by atoms with Crippen molar-refractivity contribution in [1.29, 1.82) is 0 Å². The summed E-state index contributed by atoms with van der Waals surface area (Å²) in [7, 11) is 0. The molecule has 0 bridgehead atoms. The van der Waals surface area contributed by atoms with Crippen LogP contribution in [0.3, 0.4) is 0 Å². The van der Waals surface area contributed by atoms with E-state index in [2.05, 4.69) is 39.4 Å². The minimum Gasteiger partial charge on any atom is -0.378 e. The number of aromatic nitrogens is 4. The Morgan fingerprint density at radius 2 is 1.82 bits per heavy atom. The summed E-state index contributed by atoms with van der Waals surface area (Å²) in [4.78, 5) is 16.3. The zero-order valence-electron chi connectivity index (χ0n) is 18.7. The third-order valence-corrected chi connectivity index (χ3v) is 5.68. The fraction of sp³-hybridized carbons (Fsp3) is 0.280. The lowest BCUT2D eigenvalue weighted by Gasteiger charge is -2.27. The summed E-state index contributed by atoms with van der Waals surface area (Å²) in [5, 5.41) is 7.44. The maximum absolute atomic E-state index is 5.53. The molecule has 8 heteroatoms. The first-order chi connectivity index (χ1) is 16.2. The largest absolute Gasteiger partial charge is 0.378 e. The molecule has 1 aliphatic heterocycles. The van der Waals surface area contributed by atoms with Crippen molar-refractivity contribution in [3.8, 4) is 22.6 Å². The van der Waals surface area contributed by atoms with E-state index in [1.54, 1.807) is 6.20 Å². The highest BCUT2D eigenvalue weighted by Crippen LogP contribution is 2.32. The average Bonchev–Trinajstić information content (AvgIpc) is 3.31. The summed E-state index contributed by atoms with van der Waals surface area (Å²) >= 11 is 0. The minimum absolute atomic E-state index is 0.0549. The number of nitrogens with one attached hydrogen (secondary N) is 1. The zero-order valence-corrected chi connectivity index (χ0v) is 18.7. The smallest absolute Gasteiger partial charge is 0.223 e. The van der Waals surface area contributed by atoms with Crippen molar-refractivity contribution in [2.75, 3.05) is 36.5 Å². The molecule has 1 aromatic carbocycles. The van der Waals surface area contributed by atoms with Crippen molar-refractivity contribution in [3.05, 3.63) is 72.2 Å². The lowest BCUT2D eigenvalue weighted by molar-refractivity contribution is 0.122. The van der Waals surface area contributed by atoms with E-state index in [9.17, 15) is 0 Å². The number of morpholine rings is 1. The molecule has 1 unspecified atom stereocenters. The number of anilines is 2. The van der Waals surface area contributed by atoms with E-state index in [1.165, 1.54) is 0 Å². The Hall–Kier alpha value is -3.78. The van der Waals surface area contributed by atoms with Gasteiger partial charge in [0.2, 0.25) is 5.95 Å². The number of rotatable bonds is 6. The minimum atomic E-state index is 0.0549. The van der Waals surface area contributed by atoms with Crippen LogP contribution in [0.5, 0.6) is 0 Å². The number of benzene rings is 1. The highest BCUT2D eigenvalue weighted by atomic mass is 16.5. The maximum Gasteiger partial charge on any atom is 0.223 e. The summed E-state index contributed by atoms with van der Waals surface area (Å²) in [6.45, 7) is 7.11. The molecule has 5 rings (SSSR count). The molecular formula is C25H26N6O2. The fourth-order valence-corrected chi connectivity index (χ4v) is 3.87. The second-order valence-corrected chi connectivity index (χ2v) is 8.07. The van der Waals surface area contributed by atoms with Crippen LogP contribution in [0.15, 0.2) is 65.4 Å². The molecule has 0 spiro atoms. The molecule has 1 saturated heterocycles. The van der Waals surface area contributed by atoms with Crippen LogP contribution in [0.2, 0.25) is 0 Å². The molecule has 0 radical (unpaired) electrons. The monoisotopic (exact) mass is 442 g/mol. The van der Waals surface area contributed by atoms with Crippen molar-refractivity contribution >= 4 is 11.8 Å². The van der Waals surface area contributed by atoms with E-state index in [1.807, 2.05) is 49.5 Å². The van der Waals surface area contributed by atoms with Crippen LogP contribution in [-0.4, -0.2) is 46.4 Å². The van der Waals surface area contributed by atoms with Gasteiger partial charge in [0.25, 0.3) is 0 Å². The third-order valence-electron chi connectivity index (χ3n) is 5.68. The zero-order chi connectivity index (χ0) is 22.6. The van der Waals surface area contributed by atoms with Crippen LogP contribution in [0.25, 0.3) is 22.6 Å². The number of hydrogen-bond acceptors (Lipinski definition) is 8. The molecule has 0 saturated carbocycles. The molecule has 8 nitrogen and oxygen atoms in total. The van der Waals surface area contributed by atoms with Crippen molar-refractivity contribution in [3.63, 3.8) is 0 Å². The molecule has 0 aliphatic carbocycles. The number of ether oxygens (including phenoxy) is 1. The molecule has 1 aliphatic rings. The predicted molar refractivity (Wildman–Crippen MR) is 127 cm³/mol. The fourth-order valence-electron chi connectivity index (χ4n) is 3.87. The molecule has 168 valence electrons. The van der Waals surface area contributed by atoms with Crippen molar-refractivity contribution in [2.45, 2.75) is 19.9 Å². The predicted octanol–water partition coefficient (Wildman–Crippen LogP) is 4.51. The third kappa shape index (κ3) is 4.70. The van der Waals surface area contributed by atoms with Crippen LogP contribution in [-0.2, 0) is 4.74 Å². The highest BCUT2D eigenvalue weighted by molar-refractivity contribution is 5.78. The average molecular weight is 443 g/mol. The van der Waals surface area contributed by atoms with Gasteiger partial charge in [-0.15, -0.1) is 0 Å². The highest BCUT2D eigenvalue weighted by Gasteiger charge is 2.18. The second-order valence-electron chi connectivity index (χ2n) is 8.07. The molecule has 1 atom stereocenters. The van der Waals surface area contributed by atoms with Crippen LogP contribution in [0, 0.1) is 6.92 Å². The number of nitrogens with zero attached hydrogens (tertiary/aromatic N) is 5. The van der Waals surface area contributed by atoms with Gasteiger partial charge in [0.1, 0.15) is 5.82 Å². The van der Waals surface area contributed by atoms with Gasteiger partial charge in [0.05, 0.1) is 36.2 Å². The van der Waals surface area contributed by atoms with Crippen LogP contribution >= 0.6 is 0 Å². The molecule has 0 amide bonds. The van der Waals surface area contributed by atoms with Gasteiger partial charge >= 0.3 is 0 Å². The molecule has 33 heavy (non-hydrogen) atoms. The van der Waals surface area contributed by atoms with E-state index in [-0.39, 0.29) is 6.04 Å². The van der Waals surface area contributed by atoms with Crippen LogP contribution < -0.4 is 10.2 Å². The first-order valence-corrected chi connectivity index (χ1v) is 11.1. The van der Waals surface area contributed by atoms with Crippen molar-refractivity contribution in [2.24, 2.45) is 0 Å². The first kappa shape index (κ1) is 21.1. The summed E-state index contributed by atoms with van der Waals surface area (Å²) in [5.41, 5.74) is 4.36. The first-order valence-electron chi connectivity index (χ1n) is 11.1. The Morgan fingerprint density at radius 3 is 2.52 bits per heavy atom. The summed E-state index contributed by atoms with van der Waals surface area (Å²) in [6, 6.07) is 16.2. The number of hydrogen-bond donors (Lipinski definition) is 1. The maximum atomic E-state index is 5.53. The Morgan fingerprint density at radius 1 is 1.00 bits per heavy atom. The van der Waals surface area contributed by atoms with Gasteiger partial charge in [-0.25, -0.2) is 15.0 Å². The molecule has 3 aromatic heterocycles. The summed E-state index contributed by atoms with van der Waals surface area (Å²) < 4.78 is 11.0. The van der Waals surface area contributed by atoms with Gasteiger partial charge in [0.15, 0.2) is 5.76 Å². The van der Waals surface area contributed by atoms with Gasteiger partial charge in [-0.2, -0.15) is 0 Å². The molecule has 1 fully saturated rings. The van der Waals surface area contributed by atoms with Crippen LogP contribution in [0.1, 0.15) is 24.2 Å². The molecule has 4 aromatic rings. The Balaban J connectivity index is 1.48. The van der Waals surface area contributed by atoms with E-state index in [0.29, 0.717) is 11.7 Å². The van der Waals surface area contributed by atoms with Crippen LogP contribution in [0.4, 0.5) is 11.8 Å². The lowest BCUT2D eigenvalue weighted by Crippen LogP contribution is -2.36. The van der Waals surface area contributed by atoms with E-state index in [0.717, 1.165) is 60.2 Å². The standard InChI is InChI=1S/C25H26N6O2/c1-17-14-22(33-30-17)21-16-27-25(28-18(2)19-6-4-3-5-7-19)29-24(21)20-8-9-23(26-15-20)31-10-12-32-13-11-31/h3-9,14-16,18H,10-13H2,1-2H3,(H,27,28,29). The van der Waals surface area contributed by atoms with Gasteiger partial charge in [-0.05, 0) is 31.5 Å². The van der Waals surface area contributed by atoms with Crippen molar-refractivity contribution in [1.82, 2.24) is 20.1 Å². The topological polar surface area (TPSA) is 89.2 Å². The molecular weight excluding hydrogens is 416 g/mol. The Kier molecular flexibility index (Phi) is 5.99. The Bertz CT molecular complexity index is 1200. The van der Waals surface area contributed by atoms with E-state index in [4.69, 9.17) is 19.2 Å². The normalized spacial score (nSPS) is 14.8. The molecule has 1 N–H and O–H groups in total. The van der Waals surface area contributed by atoms with Gasteiger partial charge in [0, 0.05) is 37.1 Å². The summed E-state index contributed by atoms with van der Waals surface area (Å²) in [6.07, 6.45) is 3.63. The quantitative estimate of drug-likeness (QED) is 0.466. The van der Waals surface area contributed by atoms with Gasteiger partial charge in [-0.3, -0.25) is 0 Å². The lowest BCUT2D eigenvalue weighted by atomic mass is 10.1. The SMILES string of the molecule is Cc1cc(-c2cnc(NC(C)c3ccccc3)nc2-c2ccc(N3CCOCC3)nc2)on1. The van der Waals surface area contributed by atoms with E-state index >= 15 is 0 Å². The van der Waals surface area contributed by atoms with E-state index < -0.39 is 0 Å². The number of pyridine rings is 1. The summed E-state index contributed by atoms with van der Waals surface area (Å²) in [5.74, 6) is 2.10. The molecule has 4 heterocycles. The van der Waals surface area contributed by atoms with Crippen molar-refractivity contribution < 1.29 is 9.26 Å². The Labute approximate surface area is 192 Å². The van der Waals surface area contributed by atoms with Gasteiger partial charge < -0.3 is 19.5 Å².